The summed E-state index contributed by atoms with van der Waals surface area (Å²) in [5.74, 6) is 4.53. The molecule has 1 aliphatic rings. The highest BCUT2D eigenvalue weighted by molar-refractivity contribution is 7.99. The molecule has 1 aliphatic heterocycles. The van der Waals surface area contributed by atoms with Crippen LogP contribution in [0.15, 0.2) is 18.2 Å². The molecule has 0 radical (unpaired) electrons. The van der Waals surface area contributed by atoms with Crippen molar-refractivity contribution >= 4 is 11.8 Å². The first-order valence-electron chi connectivity index (χ1n) is 7.70. The molecule has 0 aromatic heterocycles. The Morgan fingerprint density at radius 1 is 1.35 bits per heavy atom. The van der Waals surface area contributed by atoms with Crippen LogP contribution in [-0.4, -0.2) is 25.2 Å². The number of methoxy groups -OCH3 is 1. The van der Waals surface area contributed by atoms with Gasteiger partial charge in [-0.2, -0.15) is 11.8 Å². The maximum Gasteiger partial charge on any atom is 0.123 e. The first kappa shape index (κ1) is 15.7. The van der Waals surface area contributed by atoms with Gasteiger partial charge in [-0.05, 0) is 56.2 Å². The van der Waals surface area contributed by atoms with Crippen molar-refractivity contribution in [1.29, 1.82) is 0 Å². The average Bonchev–Trinajstić information content (AvgIpc) is 2.48. The molecule has 112 valence electrons. The first-order chi connectivity index (χ1) is 9.74. The molecular weight excluding hydrogens is 266 g/mol. The minimum atomic E-state index is 0.419. The quantitative estimate of drug-likeness (QED) is 0.850. The van der Waals surface area contributed by atoms with Crippen LogP contribution in [0.25, 0.3) is 0 Å². The molecular formula is C17H27NOS. The molecule has 20 heavy (non-hydrogen) atoms. The minimum Gasteiger partial charge on any atom is -0.496 e. The lowest BCUT2D eigenvalue weighted by atomic mass is 9.89. The topological polar surface area (TPSA) is 21.3 Å². The van der Waals surface area contributed by atoms with E-state index in [1.165, 1.54) is 41.9 Å². The number of aryl methyl sites for hydroxylation is 1. The summed E-state index contributed by atoms with van der Waals surface area (Å²) in [6, 6.07) is 6.93. The normalized spacial score (nSPS) is 17.9. The van der Waals surface area contributed by atoms with Crippen molar-refractivity contribution in [3.63, 3.8) is 0 Å². The molecule has 0 spiro atoms. The fourth-order valence-corrected chi connectivity index (χ4v) is 4.21. The van der Waals surface area contributed by atoms with Gasteiger partial charge in [0, 0.05) is 11.6 Å². The molecule has 1 aromatic carbocycles. The molecule has 2 rings (SSSR count). The summed E-state index contributed by atoms with van der Waals surface area (Å²) in [6.07, 6.45) is 3.95. The van der Waals surface area contributed by atoms with Crippen molar-refractivity contribution in [1.82, 2.24) is 5.32 Å². The summed E-state index contributed by atoms with van der Waals surface area (Å²) in [5.41, 5.74) is 2.63. The van der Waals surface area contributed by atoms with E-state index in [1.807, 2.05) is 0 Å². The second kappa shape index (κ2) is 7.94. The fourth-order valence-electron chi connectivity index (χ4n) is 3.01. The molecule has 0 aliphatic carbocycles. The number of ether oxygens (including phenoxy) is 1. The van der Waals surface area contributed by atoms with E-state index in [4.69, 9.17) is 4.74 Å². The van der Waals surface area contributed by atoms with Gasteiger partial charge in [-0.3, -0.25) is 0 Å². The van der Waals surface area contributed by atoms with E-state index in [0.29, 0.717) is 6.04 Å². The van der Waals surface area contributed by atoms with E-state index in [9.17, 15) is 0 Å². The molecule has 1 saturated heterocycles. The third-order valence-corrected chi connectivity index (χ3v) is 5.17. The second-order valence-electron chi connectivity index (χ2n) is 5.65. The molecule has 0 bridgehead atoms. The molecule has 1 heterocycles. The van der Waals surface area contributed by atoms with Gasteiger partial charge in [-0.15, -0.1) is 0 Å². The monoisotopic (exact) mass is 293 g/mol. The SMILES string of the molecule is CCNC(CC1CCSCC1)c1cc(C)ccc1OC. The molecule has 2 nitrogen and oxygen atoms in total. The number of hydrogen-bond donors (Lipinski definition) is 1. The average molecular weight is 293 g/mol. The van der Waals surface area contributed by atoms with Gasteiger partial charge in [0.2, 0.25) is 0 Å². The maximum absolute atomic E-state index is 5.57. The number of hydrogen-bond acceptors (Lipinski definition) is 3. The minimum absolute atomic E-state index is 0.419. The van der Waals surface area contributed by atoms with E-state index in [0.717, 1.165) is 18.2 Å². The highest BCUT2D eigenvalue weighted by Gasteiger charge is 2.22. The zero-order valence-corrected chi connectivity index (χ0v) is 13.8. The number of benzene rings is 1. The van der Waals surface area contributed by atoms with Crippen molar-refractivity contribution in [2.75, 3.05) is 25.2 Å². The standard InChI is InChI=1S/C17H27NOS/c1-4-18-16(12-14-7-9-20-10-8-14)15-11-13(2)5-6-17(15)19-3/h5-6,11,14,16,18H,4,7-10,12H2,1-3H3. The third-order valence-electron chi connectivity index (χ3n) is 4.12. The molecule has 1 N–H and O–H groups in total. The zero-order chi connectivity index (χ0) is 14.4. The molecule has 1 unspecified atom stereocenters. The molecule has 3 heteroatoms. The van der Waals surface area contributed by atoms with Gasteiger partial charge in [0.05, 0.1) is 7.11 Å². The summed E-state index contributed by atoms with van der Waals surface area (Å²) >= 11 is 2.10. The van der Waals surface area contributed by atoms with Crippen LogP contribution in [0, 0.1) is 12.8 Å². The Balaban J connectivity index is 2.16. The number of nitrogens with one attached hydrogen (secondary N) is 1. The van der Waals surface area contributed by atoms with Gasteiger partial charge in [0.25, 0.3) is 0 Å². The Morgan fingerprint density at radius 3 is 2.75 bits per heavy atom. The van der Waals surface area contributed by atoms with Crippen LogP contribution in [0.5, 0.6) is 5.75 Å². The van der Waals surface area contributed by atoms with Gasteiger partial charge in [0.1, 0.15) is 5.75 Å². The van der Waals surface area contributed by atoms with Gasteiger partial charge >= 0.3 is 0 Å². The summed E-state index contributed by atoms with van der Waals surface area (Å²) < 4.78 is 5.57. The van der Waals surface area contributed by atoms with Gasteiger partial charge < -0.3 is 10.1 Å². The van der Waals surface area contributed by atoms with Crippen LogP contribution < -0.4 is 10.1 Å². The Labute approximate surface area is 127 Å². The molecule has 1 aromatic rings. The molecule has 1 atom stereocenters. The molecule has 0 saturated carbocycles. The van der Waals surface area contributed by atoms with E-state index < -0.39 is 0 Å². The summed E-state index contributed by atoms with van der Waals surface area (Å²) in [6.45, 7) is 5.35. The Kier molecular flexibility index (Phi) is 6.24. The lowest BCUT2D eigenvalue weighted by Crippen LogP contribution is -2.25. The van der Waals surface area contributed by atoms with Gasteiger partial charge in [-0.25, -0.2) is 0 Å². The Bertz CT molecular complexity index is 415. The van der Waals surface area contributed by atoms with E-state index in [2.05, 4.69) is 49.1 Å². The first-order valence-corrected chi connectivity index (χ1v) is 8.85. The lowest BCUT2D eigenvalue weighted by Gasteiger charge is -2.28. The zero-order valence-electron chi connectivity index (χ0n) is 12.9. The van der Waals surface area contributed by atoms with Crippen LogP contribution in [0.3, 0.4) is 0 Å². The van der Waals surface area contributed by atoms with Crippen LogP contribution in [-0.2, 0) is 0 Å². The smallest absolute Gasteiger partial charge is 0.123 e. The van der Waals surface area contributed by atoms with Gasteiger partial charge in [-0.1, -0.05) is 24.6 Å². The number of thioether (sulfide) groups is 1. The van der Waals surface area contributed by atoms with Crippen LogP contribution in [0.4, 0.5) is 0 Å². The van der Waals surface area contributed by atoms with Crippen molar-refractivity contribution < 1.29 is 4.74 Å². The Hall–Kier alpha value is -0.670. The maximum atomic E-state index is 5.57. The summed E-state index contributed by atoms with van der Waals surface area (Å²) in [4.78, 5) is 0. The largest absolute Gasteiger partial charge is 0.496 e. The summed E-state index contributed by atoms with van der Waals surface area (Å²) in [7, 11) is 1.77. The Morgan fingerprint density at radius 2 is 2.10 bits per heavy atom. The third kappa shape index (κ3) is 4.16. The second-order valence-corrected chi connectivity index (χ2v) is 6.87. The van der Waals surface area contributed by atoms with Crippen molar-refractivity contribution in [3.05, 3.63) is 29.3 Å². The van der Waals surface area contributed by atoms with Crippen LogP contribution in [0.2, 0.25) is 0 Å². The van der Waals surface area contributed by atoms with E-state index >= 15 is 0 Å². The number of rotatable bonds is 6. The van der Waals surface area contributed by atoms with E-state index in [1.54, 1.807) is 7.11 Å². The summed E-state index contributed by atoms with van der Waals surface area (Å²) in [5, 5.41) is 3.66. The lowest BCUT2D eigenvalue weighted by molar-refractivity contribution is 0.355. The van der Waals surface area contributed by atoms with E-state index in [-0.39, 0.29) is 0 Å². The fraction of sp³-hybridized carbons (Fsp3) is 0.647. The van der Waals surface area contributed by atoms with Crippen molar-refractivity contribution in [2.45, 2.75) is 39.2 Å². The molecule has 0 amide bonds. The van der Waals surface area contributed by atoms with Crippen LogP contribution in [0.1, 0.15) is 43.4 Å². The predicted octanol–water partition coefficient (Wildman–Crippen LogP) is 4.19. The molecule has 1 fully saturated rings. The predicted molar refractivity (Wildman–Crippen MR) is 88.8 cm³/mol. The van der Waals surface area contributed by atoms with Crippen molar-refractivity contribution in [2.24, 2.45) is 5.92 Å². The highest BCUT2D eigenvalue weighted by atomic mass is 32.2. The van der Waals surface area contributed by atoms with Gasteiger partial charge in [0.15, 0.2) is 0 Å². The highest BCUT2D eigenvalue weighted by Crippen LogP contribution is 2.34. The van der Waals surface area contributed by atoms with Crippen LogP contribution >= 0.6 is 11.8 Å². The van der Waals surface area contributed by atoms with Crippen molar-refractivity contribution in [3.8, 4) is 5.75 Å².